The lowest BCUT2D eigenvalue weighted by Crippen LogP contribution is -2.43. The number of amides is 1. The molecule has 0 aromatic heterocycles. The van der Waals surface area contributed by atoms with Crippen molar-refractivity contribution in [1.82, 2.24) is 5.32 Å². The molecule has 0 aromatic carbocycles. The molecule has 0 bridgehead atoms. The molecule has 1 aliphatic carbocycles. The van der Waals surface area contributed by atoms with Gasteiger partial charge < -0.3 is 10.1 Å². The van der Waals surface area contributed by atoms with Crippen LogP contribution < -0.4 is 5.32 Å². The maximum absolute atomic E-state index is 12.9. The van der Waals surface area contributed by atoms with Gasteiger partial charge in [-0.15, -0.1) is 0 Å². The summed E-state index contributed by atoms with van der Waals surface area (Å²) in [7, 11) is 1.23. The van der Waals surface area contributed by atoms with Gasteiger partial charge in [-0.3, -0.25) is 9.59 Å². The third-order valence-corrected chi connectivity index (χ3v) is 3.37. The Morgan fingerprint density at radius 2 is 2.00 bits per heavy atom. The Kier molecular flexibility index (Phi) is 5.37. The van der Waals surface area contributed by atoms with E-state index in [4.69, 9.17) is 0 Å². The van der Waals surface area contributed by atoms with E-state index in [9.17, 15) is 18.4 Å². The number of methoxy groups -OCH3 is 1. The van der Waals surface area contributed by atoms with Crippen LogP contribution in [0.3, 0.4) is 0 Å². The summed E-state index contributed by atoms with van der Waals surface area (Å²) in [5.74, 6) is -3.56. The van der Waals surface area contributed by atoms with Crippen molar-refractivity contribution >= 4 is 24.5 Å². The lowest BCUT2D eigenvalue weighted by molar-refractivity contribution is -0.142. The van der Waals surface area contributed by atoms with Crippen molar-refractivity contribution in [3.8, 4) is 0 Å². The van der Waals surface area contributed by atoms with Crippen LogP contribution in [0, 0.1) is 0 Å². The molecule has 0 unspecified atom stereocenters. The first-order chi connectivity index (χ1) is 8.34. The average molecular weight is 281 g/mol. The van der Waals surface area contributed by atoms with E-state index in [0.717, 1.165) is 0 Å². The Balaban J connectivity index is 2.34. The van der Waals surface area contributed by atoms with Crippen LogP contribution in [0.5, 0.6) is 0 Å². The van der Waals surface area contributed by atoms with Crippen molar-refractivity contribution in [2.24, 2.45) is 0 Å². The number of rotatable bonds is 4. The number of esters is 1. The topological polar surface area (TPSA) is 55.4 Å². The third kappa shape index (κ3) is 4.80. The summed E-state index contributed by atoms with van der Waals surface area (Å²) in [4.78, 5) is 22.6. The number of nitrogens with one attached hydrogen (secondary N) is 1. The second-order valence-corrected chi connectivity index (χ2v) is 5.06. The van der Waals surface area contributed by atoms with Crippen molar-refractivity contribution < 1.29 is 23.1 Å². The number of hydrogen-bond donors (Lipinski definition) is 2. The molecule has 1 atom stereocenters. The van der Waals surface area contributed by atoms with Crippen molar-refractivity contribution in [2.75, 3.05) is 7.11 Å². The van der Waals surface area contributed by atoms with Gasteiger partial charge in [0.25, 0.3) is 0 Å². The zero-order valence-corrected chi connectivity index (χ0v) is 11.0. The molecular weight excluding hydrogens is 264 g/mol. The van der Waals surface area contributed by atoms with E-state index >= 15 is 0 Å². The van der Waals surface area contributed by atoms with E-state index in [2.05, 4.69) is 22.7 Å². The van der Waals surface area contributed by atoms with Crippen molar-refractivity contribution in [1.29, 1.82) is 0 Å². The molecule has 1 N–H and O–H groups in total. The molecule has 104 valence electrons. The van der Waals surface area contributed by atoms with E-state index in [1.165, 1.54) is 7.11 Å². The number of thiol groups is 1. The predicted molar refractivity (Wildman–Crippen MR) is 64.8 cm³/mol. The van der Waals surface area contributed by atoms with Crippen LogP contribution in [-0.2, 0) is 14.3 Å². The fourth-order valence-corrected chi connectivity index (χ4v) is 2.04. The van der Waals surface area contributed by atoms with Gasteiger partial charge in [-0.2, -0.15) is 12.6 Å². The summed E-state index contributed by atoms with van der Waals surface area (Å²) in [6, 6.07) is -0.260. The maximum atomic E-state index is 12.9. The van der Waals surface area contributed by atoms with Crippen LogP contribution in [-0.4, -0.2) is 36.2 Å². The molecule has 4 nitrogen and oxygen atoms in total. The first-order valence-corrected chi connectivity index (χ1v) is 6.29. The Hall–Kier alpha value is -0.850. The van der Waals surface area contributed by atoms with Crippen LogP contribution in [0.1, 0.15) is 32.1 Å². The Bertz CT molecular complexity index is 315. The second-order valence-electron chi connectivity index (χ2n) is 4.43. The van der Waals surface area contributed by atoms with E-state index in [-0.39, 0.29) is 38.1 Å². The molecule has 1 rings (SSSR count). The van der Waals surface area contributed by atoms with Crippen LogP contribution in [0.15, 0.2) is 0 Å². The van der Waals surface area contributed by atoms with Gasteiger partial charge in [-0.1, -0.05) is 0 Å². The highest BCUT2D eigenvalue weighted by atomic mass is 32.1. The maximum Gasteiger partial charge on any atom is 0.307 e. The van der Waals surface area contributed by atoms with Gasteiger partial charge in [0.1, 0.15) is 0 Å². The van der Waals surface area contributed by atoms with Gasteiger partial charge in [0.05, 0.1) is 18.8 Å². The fraction of sp³-hybridized carbons (Fsp3) is 0.818. The Morgan fingerprint density at radius 3 is 2.50 bits per heavy atom. The van der Waals surface area contributed by atoms with Gasteiger partial charge in [0.2, 0.25) is 11.8 Å². The second kappa shape index (κ2) is 6.36. The largest absolute Gasteiger partial charge is 0.469 e. The predicted octanol–water partition coefficient (Wildman–Crippen LogP) is 1.54. The highest BCUT2D eigenvalue weighted by molar-refractivity contribution is 7.81. The van der Waals surface area contributed by atoms with Gasteiger partial charge in [0.15, 0.2) is 0 Å². The first kappa shape index (κ1) is 15.2. The minimum atomic E-state index is -2.62. The third-order valence-electron chi connectivity index (χ3n) is 2.95. The lowest BCUT2D eigenvalue weighted by atomic mass is 9.92. The summed E-state index contributed by atoms with van der Waals surface area (Å²) in [5.41, 5.74) is 0. The van der Waals surface area contributed by atoms with E-state index in [0.29, 0.717) is 0 Å². The zero-order chi connectivity index (χ0) is 13.8. The highest BCUT2D eigenvalue weighted by Gasteiger charge is 2.35. The summed E-state index contributed by atoms with van der Waals surface area (Å²) in [6.45, 7) is 0. The molecular formula is C11H17F2NO3S. The number of alkyl halides is 2. The quantitative estimate of drug-likeness (QED) is 0.607. The Morgan fingerprint density at radius 1 is 1.44 bits per heavy atom. The molecule has 18 heavy (non-hydrogen) atoms. The molecule has 0 aromatic rings. The monoisotopic (exact) mass is 281 g/mol. The van der Waals surface area contributed by atoms with Crippen LogP contribution >= 0.6 is 12.6 Å². The van der Waals surface area contributed by atoms with E-state index < -0.39 is 23.0 Å². The van der Waals surface area contributed by atoms with Crippen LogP contribution in [0.4, 0.5) is 8.78 Å². The number of ether oxygens (including phenoxy) is 1. The molecule has 0 saturated heterocycles. The molecule has 0 heterocycles. The first-order valence-electron chi connectivity index (χ1n) is 5.77. The zero-order valence-electron chi connectivity index (χ0n) is 10.1. The standard InChI is InChI=1S/C11H17F2NO3S/c1-17-9(15)6-8(18)10(16)14-7-2-4-11(12,13)5-3-7/h7-8,18H,2-6H2,1H3,(H,14,16)/t8-/m1/s1. The minimum Gasteiger partial charge on any atom is -0.469 e. The molecule has 0 aliphatic heterocycles. The van der Waals surface area contributed by atoms with E-state index in [1.807, 2.05) is 0 Å². The van der Waals surface area contributed by atoms with Crippen molar-refractivity contribution in [2.45, 2.75) is 49.3 Å². The highest BCUT2D eigenvalue weighted by Crippen LogP contribution is 2.33. The van der Waals surface area contributed by atoms with Crippen molar-refractivity contribution in [3.63, 3.8) is 0 Å². The molecule has 1 fully saturated rings. The Labute approximate surface area is 110 Å². The smallest absolute Gasteiger partial charge is 0.307 e. The van der Waals surface area contributed by atoms with Gasteiger partial charge in [0, 0.05) is 18.9 Å². The summed E-state index contributed by atoms with van der Waals surface area (Å²) in [6.07, 6.45) is -0.0678. The van der Waals surface area contributed by atoms with Gasteiger partial charge >= 0.3 is 5.97 Å². The number of hydrogen-bond acceptors (Lipinski definition) is 4. The lowest BCUT2D eigenvalue weighted by Gasteiger charge is -2.29. The summed E-state index contributed by atoms with van der Waals surface area (Å²) >= 11 is 3.99. The average Bonchev–Trinajstić information content (AvgIpc) is 2.31. The number of carbonyl (C=O) groups is 2. The van der Waals surface area contributed by atoms with Crippen LogP contribution in [0.2, 0.25) is 0 Å². The van der Waals surface area contributed by atoms with Gasteiger partial charge in [-0.25, -0.2) is 8.78 Å². The summed E-state index contributed by atoms with van der Waals surface area (Å²) in [5, 5.41) is 1.82. The van der Waals surface area contributed by atoms with E-state index in [1.54, 1.807) is 0 Å². The SMILES string of the molecule is COC(=O)C[C@@H](S)C(=O)NC1CCC(F)(F)CC1. The van der Waals surface area contributed by atoms with Crippen molar-refractivity contribution in [3.05, 3.63) is 0 Å². The summed E-state index contributed by atoms with van der Waals surface area (Å²) < 4.78 is 30.2. The number of halogens is 2. The normalized spacial score (nSPS) is 21.1. The molecule has 1 saturated carbocycles. The molecule has 1 amide bonds. The minimum absolute atomic E-state index is 0.131. The molecule has 0 radical (unpaired) electrons. The number of carbonyl (C=O) groups excluding carboxylic acids is 2. The molecule has 0 spiro atoms. The molecule has 1 aliphatic rings. The van der Waals surface area contributed by atoms with Gasteiger partial charge in [-0.05, 0) is 12.8 Å². The molecule has 7 heteroatoms. The van der Waals surface area contributed by atoms with Crippen LogP contribution in [0.25, 0.3) is 0 Å². The fourth-order valence-electron chi connectivity index (χ4n) is 1.82.